The first-order chi connectivity index (χ1) is 12.3. The van der Waals surface area contributed by atoms with E-state index in [9.17, 15) is 13.2 Å². The normalized spacial score (nSPS) is 24.0. The Hall–Kier alpha value is -1.15. The van der Waals surface area contributed by atoms with Crippen molar-refractivity contribution < 1.29 is 13.2 Å². The van der Waals surface area contributed by atoms with Crippen molar-refractivity contribution in [2.45, 2.75) is 31.8 Å². The molecule has 0 N–H and O–H groups in total. The minimum absolute atomic E-state index is 0.0574. The number of sulfonamides is 1. The van der Waals surface area contributed by atoms with Crippen LogP contribution in [0.2, 0.25) is 5.02 Å². The molecule has 0 saturated carbocycles. The molecule has 2 saturated heterocycles. The lowest BCUT2D eigenvalue weighted by atomic mass is 10.1. The minimum atomic E-state index is -3.34. The molecule has 0 bridgehead atoms. The van der Waals surface area contributed by atoms with Crippen LogP contribution < -0.4 is 0 Å². The van der Waals surface area contributed by atoms with Gasteiger partial charge in [-0.3, -0.25) is 9.69 Å². The molecule has 0 spiro atoms. The summed E-state index contributed by atoms with van der Waals surface area (Å²) < 4.78 is 25.1. The highest BCUT2D eigenvalue weighted by atomic mass is 35.5. The van der Waals surface area contributed by atoms with Gasteiger partial charge in [-0.2, -0.15) is 4.31 Å². The predicted octanol–water partition coefficient (Wildman–Crippen LogP) is 1.97. The number of halogens is 1. The van der Waals surface area contributed by atoms with E-state index in [2.05, 4.69) is 11.8 Å². The van der Waals surface area contributed by atoms with Gasteiger partial charge in [-0.15, -0.1) is 0 Å². The summed E-state index contributed by atoms with van der Waals surface area (Å²) >= 11 is 6.31. The van der Waals surface area contributed by atoms with Crippen molar-refractivity contribution in [1.29, 1.82) is 0 Å². The number of carbonyl (C=O) groups is 1. The van der Waals surface area contributed by atoms with Gasteiger partial charge >= 0.3 is 0 Å². The van der Waals surface area contributed by atoms with E-state index >= 15 is 0 Å². The van der Waals surface area contributed by atoms with Crippen molar-refractivity contribution >= 4 is 27.5 Å². The van der Waals surface area contributed by atoms with Gasteiger partial charge in [0.05, 0.1) is 6.26 Å². The number of amides is 1. The third kappa shape index (κ3) is 4.06. The smallest absolute Gasteiger partial charge is 0.241 e. The standard InChI is InChI=1S/C18H26ClN3O3S/c1-14(15-6-3-4-7-16(15)19)20-10-12-21(13-11-20)18(23)17-8-5-9-22(17)26(2,24)25/h3-4,6-7,14,17H,5,8-13H2,1-2H3. The van der Waals surface area contributed by atoms with Gasteiger partial charge in [0, 0.05) is 43.8 Å². The minimum Gasteiger partial charge on any atom is -0.339 e. The number of carbonyl (C=O) groups excluding carboxylic acids is 1. The maximum Gasteiger partial charge on any atom is 0.241 e. The number of hydrogen-bond donors (Lipinski definition) is 0. The molecule has 0 aliphatic carbocycles. The SMILES string of the molecule is CC(c1ccccc1Cl)N1CCN(C(=O)C2CCCN2S(C)(=O)=O)CC1. The fourth-order valence-electron chi connectivity index (χ4n) is 3.93. The first-order valence-electron chi connectivity index (χ1n) is 9.03. The van der Waals surface area contributed by atoms with Crippen molar-refractivity contribution in [2.24, 2.45) is 0 Å². The lowest BCUT2D eigenvalue weighted by Crippen LogP contribution is -2.54. The zero-order valence-corrected chi connectivity index (χ0v) is 16.8. The van der Waals surface area contributed by atoms with E-state index in [0.29, 0.717) is 26.1 Å². The summed E-state index contributed by atoms with van der Waals surface area (Å²) in [5.74, 6) is -0.0574. The van der Waals surface area contributed by atoms with Crippen LogP contribution in [0.5, 0.6) is 0 Å². The molecule has 0 radical (unpaired) electrons. The molecule has 2 aliphatic heterocycles. The van der Waals surface area contributed by atoms with Crippen LogP contribution in [0.15, 0.2) is 24.3 Å². The molecule has 1 aromatic rings. The van der Waals surface area contributed by atoms with E-state index in [-0.39, 0.29) is 11.9 Å². The molecule has 2 unspecified atom stereocenters. The molecule has 2 atom stereocenters. The highest BCUT2D eigenvalue weighted by Crippen LogP contribution is 2.28. The molecule has 0 aromatic heterocycles. The van der Waals surface area contributed by atoms with Crippen LogP contribution in [0, 0.1) is 0 Å². The van der Waals surface area contributed by atoms with Crippen molar-refractivity contribution in [3.8, 4) is 0 Å². The van der Waals surface area contributed by atoms with E-state index in [0.717, 1.165) is 30.1 Å². The Morgan fingerprint density at radius 1 is 1.15 bits per heavy atom. The van der Waals surface area contributed by atoms with Crippen LogP contribution in [-0.2, 0) is 14.8 Å². The number of hydrogen-bond acceptors (Lipinski definition) is 4. The predicted molar refractivity (Wildman–Crippen MR) is 103 cm³/mol. The maximum atomic E-state index is 12.8. The quantitative estimate of drug-likeness (QED) is 0.776. The van der Waals surface area contributed by atoms with E-state index in [4.69, 9.17) is 11.6 Å². The van der Waals surface area contributed by atoms with Gasteiger partial charge in [0.1, 0.15) is 6.04 Å². The summed E-state index contributed by atoms with van der Waals surface area (Å²) in [5.41, 5.74) is 1.09. The fourth-order valence-corrected chi connectivity index (χ4v) is 5.35. The zero-order chi connectivity index (χ0) is 18.9. The molecule has 1 amide bonds. The number of benzene rings is 1. The van der Waals surface area contributed by atoms with Gasteiger partial charge in [0.2, 0.25) is 15.9 Å². The van der Waals surface area contributed by atoms with Crippen LogP contribution in [0.25, 0.3) is 0 Å². The Balaban J connectivity index is 1.62. The molecular formula is C18H26ClN3O3S. The third-order valence-corrected chi connectivity index (χ3v) is 7.08. The Morgan fingerprint density at radius 2 is 1.81 bits per heavy atom. The van der Waals surface area contributed by atoms with Gasteiger partial charge < -0.3 is 4.90 Å². The second kappa shape index (κ2) is 7.84. The van der Waals surface area contributed by atoms with Gasteiger partial charge in [0.15, 0.2) is 0 Å². The topological polar surface area (TPSA) is 60.9 Å². The van der Waals surface area contributed by atoms with E-state index in [1.807, 2.05) is 29.2 Å². The number of piperazine rings is 1. The first-order valence-corrected chi connectivity index (χ1v) is 11.3. The Labute approximate surface area is 160 Å². The highest BCUT2D eigenvalue weighted by Gasteiger charge is 2.39. The van der Waals surface area contributed by atoms with Crippen molar-refractivity contribution in [1.82, 2.24) is 14.1 Å². The zero-order valence-electron chi connectivity index (χ0n) is 15.3. The average Bonchev–Trinajstić information content (AvgIpc) is 3.11. The molecule has 2 aliphatic rings. The summed E-state index contributed by atoms with van der Waals surface area (Å²) in [5, 5.41) is 0.758. The van der Waals surface area contributed by atoms with Crippen LogP contribution >= 0.6 is 11.6 Å². The van der Waals surface area contributed by atoms with Crippen LogP contribution in [-0.4, -0.2) is 73.5 Å². The number of rotatable bonds is 4. The number of nitrogens with zero attached hydrogens (tertiary/aromatic N) is 3. The second-order valence-corrected chi connectivity index (χ2v) is 9.43. The third-order valence-electron chi connectivity index (χ3n) is 5.44. The van der Waals surface area contributed by atoms with Crippen LogP contribution in [0.4, 0.5) is 0 Å². The van der Waals surface area contributed by atoms with Gasteiger partial charge in [-0.25, -0.2) is 8.42 Å². The maximum absolute atomic E-state index is 12.8. The van der Waals surface area contributed by atoms with Crippen LogP contribution in [0.1, 0.15) is 31.4 Å². The van der Waals surface area contributed by atoms with E-state index in [1.165, 1.54) is 10.6 Å². The van der Waals surface area contributed by atoms with Gasteiger partial charge in [0.25, 0.3) is 0 Å². The molecule has 2 fully saturated rings. The summed E-state index contributed by atoms with van der Waals surface area (Å²) in [6.45, 7) is 5.30. The second-order valence-electron chi connectivity index (χ2n) is 7.09. The molecule has 1 aromatic carbocycles. The van der Waals surface area contributed by atoms with Crippen molar-refractivity contribution in [3.63, 3.8) is 0 Å². The first kappa shape index (κ1) is 19.6. The average molecular weight is 400 g/mol. The van der Waals surface area contributed by atoms with Gasteiger partial charge in [-0.05, 0) is 31.4 Å². The fraction of sp³-hybridized carbons (Fsp3) is 0.611. The molecule has 3 rings (SSSR count). The molecule has 26 heavy (non-hydrogen) atoms. The lowest BCUT2D eigenvalue weighted by Gasteiger charge is -2.39. The molecule has 6 nitrogen and oxygen atoms in total. The molecule has 144 valence electrons. The summed E-state index contributed by atoms with van der Waals surface area (Å²) in [6, 6.07) is 7.49. The van der Waals surface area contributed by atoms with Crippen molar-refractivity contribution in [2.75, 3.05) is 39.0 Å². The summed E-state index contributed by atoms with van der Waals surface area (Å²) in [7, 11) is -3.34. The highest BCUT2D eigenvalue weighted by molar-refractivity contribution is 7.88. The van der Waals surface area contributed by atoms with Crippen LogP contribution in [0.3, 0.4) is 0 Å². The Morgan fingerprint density at radius 3 is 2.42 bits per heavy atom. The summed E-state index contributed by atoms with van der Waals surface area (Å²) in [6.07, 6.45) is 2.54. The molecular weight excluding hydrogens is 374 g/mol. The molecule has 2 heterocycles. The largest absolute Gasteiger partial charge is 0.339 e. The van der Waals surface area contributed by atoms with E-state index < -0.39 is 16.1 Å². The van der Waals surface area contributed by atoms with Crippen molar-refractivity contribution in [3.05, 3.63) is 34.9 Å². The van der Waals surface area contributed by atoms with Gasteiger partial charge in [-0.1, -0.05) is 29.8 Å². The Bertz CT molecular complexity index is 763. The Kier molecular flexibility index (Phi) is 5.91. The summed E-state index contributed by atoms with van der Waals surface area (Å²) in [4.78, 5) is 17.0. The van der Waals surface area contributed by atoms with E-state index in [1.54, 1.807) is 0 Å². The monoisotopic (exact) mass is 399 g/mol. The molecule has 8 heteroatoms. The lowest BCUT2D eigenvalue weighted by molar-refractivity contribution is -0.136.